The van der Waals surface area contributed by atoms with Crippen LogP contribution in [0.4, 0.5) is 4.79 Å². The summed E-state index contributed by atoms with van der Waals surface area (Å²) in [5.74, 6) is -1.08. The first kappa shape index (κ1) is 14.2. The highest BCUT2D eigenvalue weighted by Crippen LogP contribution is 2.10. The van der Waals surface area contributed by atoms with Crippen LogP contribution in [0.3, 0.4) is 0 Å². The monoisotopic (exact) mass is 269 g/mol. The Hall–Kier alpha value is -1.89. The molecule has 1 aromatic rings. The molecule has 0 aliphatic carbocycles. The summed E-state index contributed by atoms with van der Waals surface area (Å²) in [5, 5.41) is 13.8. The molecule has 0 saturated carbocycles. The molecule has 2 amide bonds. The van der Waals surface area contributed by atoms with E-state index in [0.29, 0.717) is 6.54 Å². The van der Waals surface area contributed by atoms with Crippen LogP contribution in [0, 0.1) is 6.92 Å². The maximum Gasteiger partial charge on any atom is 0.326 e. The summed E-state index contributed by atoms with van der Waals surface area (Å²) in [6, 6.07) is -1.47. The fourth-order valence-corrected chi connectivity index (χ4v) is 1.97. The number of amides is 2. The molecule has 7 heteroatoms. The zero-order valence-corrected chi connectivity index (χ0v) is 10.8. The molecule has 1 unspecified atom stereocenters. The Balaban J connectivity index is 2.43. The van der Waals surface area contributed by atoms with Crippen LogP contribution >= 0.6 is 11.3 Å². The van der Waals surface area contributed by atoms with E-state index in [2.05, 4.69) is 22.2 Å². The van der Waals surface area contributed by atoms with Crippen molar-refractivity contribution in [1.82, 2.24) is 15.6 Å². The van der Waals surface area contributed by atoms with Gasteiger partial charge < -0.3 is 15.7 Å². The van der Waals surface area contributed by atoms with E-state index in [-0.39, 0.29) is 6.42 Å². The number of hydrogen-bond donors (Lipinski definition) is 3. The minimum Gasteiger partial charge on any atom is -0.480 e. The number of thiazole rings is 1. The summed E-state index contributed by atoms with van der Waals surface area (Å²) in [7, 11) is 0. The zero-order valence-electron chi connectivity index (χ0n) is 9.97. The third kappa shape index (κ3) is 4.17. The lowest BCUT2D eigenvalue weighted by molar-refractivity contribution is -0.139. The molecule has 0 radical (unpaired) electrons. The second-order valence-corrected chi connectivity index (χ2v) is 4.54. The average molecular weight is 269 g/mol. The predicted molar refractivity (Wildman–Crippen MR) is 68.5 cm³/mol. The largest absolute Gasteiger partial charge is 0.480 e. The van der Waals surface area contributed by atoms with Crippen LogP contribution in [0.15, 0.2) is 18.2 Å². The lowest BCUT2D eigenvalue weighted by Crippen LogP contribution is -2.45. The third-order valence-electron chi connectivity index (χ3n) is 2.26. The molecule has 0 bridgehead atoms. The van der Waals surface area contributed by atoms with E-state index in [1.165, 1.54) is 17.4 Å². The van der Waals surface area contributed by atoms with E-state index >= 15 is 0 Å². The van der Waals surface area contributed by atoms with Crippen LogP contribution in [0.5, 0.6) is 0 Å². The highest BCUT2D eigenvalue weighted by atomic mass is 32.1. The molecule has 1 rings (SSSR count). The molecule has 3 N–H and O–H groups in total. The molecule has 0 fully saturated rings. The molecule has 1 heterocycles. The molecule has 0 saturated heterocycles. The summed E-state index contributed by atoms with van der Waals surface area (Å²) >= 11 is 1.44. The normalized spacial score (nSPS) is 11.6. The van der Waals surface area contributed by atoms with Gasteiger partial charge in [0.2, 0.25) is 0 Å². The van der Waals surface area contributed by atoms with Gasteiger partial charge in [-0.3, -0.25) is 0 Å². The first-order chi connectivity index (χ1) is 8.54. The Morgan fingerprint density at radius 3 is 2.89 bits per heavy atom. The van der Waals surface area contributed by atoms with Gasteiger partial charge in [-0.2, -0.15) is 0 Å². The Kier molecular flexibility index (Phi) is 5.31. The smallest absolute Gasteiger partial charge is 0.326 e. The number of carbonyl (C=O) groups excluding carboxylic acids is 1. The highest BCUT2D eigenvalue weighted by molar-refractivity contribution is 7.09. The van der Waals surface area contributed by atoms with Gasteiger partial charge in [0.15, 0.2) is 0 Å². The van der Waals surface area contributed by atoms with Gasteiger partial charge in [0.25, 0.3) is 0 Å². The van der Waals surface area contributed by atoms with E-state index < -0.39 is 18.0 Å². The predicted octanol–water partition coefficient (Wildman–Crippen LogP) is 1.28. The van der Waals surface area contributed by atoms with Crippen molar-refractivity contribution >= 4 is 23.3 Å². The van der Waals surface area contributed by atoms with Crippen LogP contribution in [0.25, 0.3) is 0 Å². The molecule has 1 aromatic heterocycles. The third-order valence-corrected chi connectivity index (χ3v) is 3.20. The summed E-state index contributed by atoms with van der Waals surface area (Å²) < 4.78 is 0. The number of nitrogens with zero attached hydrogens (tertiary/aromatic N) is 1. The van der Waals surface area contributed by atoms with Gasteiger partial charge >= 0.3 is 12.0 Å². The van der Waals surface area contributed by atoms with Gasteiger partial charge in [0.05, 0.1) is 17.7 Å². The van der Waals surface area contributed by atoms with Gasteiger partial charge in [-0.25, -0.2) is 14.6 Å². The lowest BCUT2D eigenvalue weighted by atomic mass is 10.2. The van der Waals surface area contributed by atoms with Crippen molar-refractivity contribution in [1.29, 1.82) is 0 Å². The molecule has 0 aliphatic heterocycles. The number of nitrogens with one attached hydrogen (secondary N) is 2. The van der Waals surface area contributed by atoms with E-state index in [1.54, 1.807) is 5.51 Å². The number of hydrogen-bond acceptors (Lipinski definition) is 4. The van der Waals surface area contributed by atoms with Crippen molar-refractivity contribution in [3.63, 3.8) is 0 Å². The molecular weight excluding hydrogens is 254 g/mol. The van der Waals surface area contributed by atoms with Gasteiger partial charge in [0, 0.05) is 4.88 Å². The molecule has 0 aromatic carbocycles. The maximum absolute atomic E-state index is 11.5. The van der Waals surface area contributed by atoms with Crippen molar-refractivity contribution in [3.8, 4) is 0 Å². The van der Waals surface area contributed by atoms with E-state index in [4.69, 9.17) is 5.11 Å². The highest BCUT2D eigenvalue weighted by Gasteiger charge is 2.18. The van der Waals surface area contributed by atoms with Crippen LogP contribution < -0.4 is 10.6 Å². The average Bonchev–Trinajstić information content (AvgIpc) is 2.71. The van der Waals surface area contributed by atoms with Gasteiger partial charge in [-0.1, -0.05) is 6.08 Å². The summed E-state index contributed by atoms with van der Waals surface area (Å²) in [6.07, 6.45) is 1.63. The number of urea groups is 1. The molecule has 6 nitrogen and oxygen atoms in total. The number of carboxylic acids is 1. The van der Waals surface area contributed by atoms with Crippen molar-refractivity contribution in [2.24, 2.45) is 0 Å². The van der Waals surface area contributed by atoms with Crippen molar-refractivity contribution in [2.75, 3.05) is 0 Å². The van der Waals surface area contributed by atoms with Gasteiger partial charge in [-0.05, 0) is 13.3 Å². The fourth-order valence-electron chi connectivity index (χ4n) is 1.25. The van der Waals surface area contributed by atoms with Crippen molar-refractivity contribution in [2.45, 2.75) is 25.9 Å². The van der Waals surface area contributed by atoms with Crippen molar-refractivity contribution < 1.29 is 14.7 Å². The Morgan fingerprint density at radius 2 is 2.39 bits per heavy atom. The second kappa shape index (κ2) is 6.75. The minimum atomic E-state index is -1.08. The minimum absolute atomic E-state index is 0.183. The quantitative estimate of drug-likeness (QED) is 0.678. The second-order valence-electron chi connectivity index (χ2n) is 3.60. The number of carboxylic acid groups (broad SMARTS) is 1. The van der Waals surface area contributed by atoms with Crippen LogP contribution in [0.2, 0.25) is 0 Å². The topological polar surface area (TPSA) is 91.3 Å². The SMILES string of the molecule is C=CCC(NC(=O)NCc1scnc1C)C(=O)O. The standard InChI is InChI=1S/C11H15N3O3S/c1-3-4-8(10(15)16)14-11(17)12-5-9-7(2)13-6-18-9/h3,6,8H,1,4-5H2,2H3,(H,15,16)(H2,12,14,17). The number of aliphatic carboxylic acids is 1. The first-order valence-electron chi connectivity index (χ1n) is 5.31. The van der Waals surface area contributed by atoms with Gasteiger partial charge in [0.1, 0.15) is 6.04 Å². The van der Waals surface area contributed by atoms with E-state index in [0.717, 1.165) is 10.6 Å². The lowest BCUT2D eigenvalue weighted by Gasteiger charge is -2.13. The Labute approximate surface area is 109 Å². The summed E-state index contributed by atoms with van der Waals surface area (Å²) in [4.78, 5) is 27.3. The van der Waals surface area contributed by atoms with Crippen LogP contribution in [0.1, 0.15) is 17.0 Å². The van der Waals surface area contributed by atoms with Crippen molar-refractivity contribution in [3.05, 3.63) is 28.7 Å². The fraction of sp³-hybridized carbons (Fsp3) is 0.364. The zero-order chi connectivity index (χ0) is 13.5. The molecule has 1 atom stereocenters. The number of carbonyl (C=O) groups is 2. The Bertz CT molecular complexity index is 444. The molecule has 0 aliphatic rings. The van der Waals surface area contributed by atoms with Crippen LogP contribution in [-0.4, -0.2) is 28.1 Å². The molecule has 98 valence electrons. The number of aryl methyl sites for hydroxylation is 1. The van der Waals surface area contributed by atoms with E-state index in [1.807, 2.05) is 6.92 Å². The summed E-state index contributed by atoms with van der Waals surface area (Å²) in [5.41, 5.74) is 2.56. The number of aromatic nitrogens is 1. The Morgan fingerprint density at radius 1 is 1.67 bits per heavy atom. The van der Waals surface area contributed by atoms with E-state index in [9.17, 15) is 9.59 Å². The maximum atomic E-state index is 11.5. The molecular formula is C11H15N3O3S. The molecule has 18 heavy (non-hydrogen) atoms. The summed E-state index contributed by atoms with van der Waals surface area (Å²) in [6.45, 7) is 5.63. The first-order valence-corrected chi connectivity index (χ1v) is 6.19. The molecule has 0 spiro atoms. The van der Waals surface area contributed by atoms with Crippen LogP contribution in [-0.2, 0) is 11.3 Å². The number of rotatable bonds is 6. The van der Waals surface area contributed by atoms with Gasteiger partial charge in [-0.15, -0.1) is 17.9 Å².